The molecule has 4 fully saturated rings. The largest absolute Gasteiger partial charge is 0.119 e. The molecule has 0 unspecified atom stereocenters. The maximum absolute atomic E-state index is 6.96. The van der Waals surface area contributed by atoms with E-state index in [0.717, 1.165) is 17.8 Å². The van der Waals surface area contributed by atoms with Crippen LogP contribution in [-0.2, 0) is 0 Å². The van der Waals surface area contributed by atoms with Crippen LogP contribution < -0.4 is 0 Å². The Labute approximate surface area is 136 Å². The molecule has 0 aromatic carbocycles. The molecule has 0 nitrogen and oxygen atoms in total. The molecule has 1 spiro atoms. The fourth-order valence-electron chi connectivity index (χ4n) is 8.08. The summed E-state index contributed by atoms with van der Waals surface area (Å²) in [6.07, 6.45) is 12.9. The van der Waals surface area contributed by atoms with Crippen molar-refractivity contribution in [3.8, 4) is 0 Å². The lowest BCUT2D eigenvalue weighted by molar-refractivity contribution is -0.144. The third-order valence-electron chi connectivity index (χ3n) is 8.75. The maximum Gasteiger partial charge on any atom is 0.0452 e. The summed E-state index contributed by atoms with van der Waals surface area (Å²) in [5.74, 6) is 2.71. The van der Waals surface area contributed by atoms with Crippen LogP contribution in [0.25, 0.3) is 0 Å². The minimum atomic E-state index is 0.0993. The summed E-state index contributed by atoms with van der Waals surface area (Å²) in [6, 6.07) is 0. The maximum atomic E-state index is 6.96. The number of hydrogen-bond donors (Lipinski definition) is 0. The first-order valence-electron chi connectivity index (χ1n) is 9.39. The molecule has 4 saturated carbocycles. The lowest BCUT2D eigenvalue weighted by Gasteiger charge is -2.64. The Hall–Kier alpha value is 0.290. The average Bonchev–Trinajstić information content (AvgIpc) is 2.53. The molecule has 0 amide bonds. The second-order valence-electron chi connectivity index (χ2n) is 10.3. The van der Waals surface area contributed by atoms with Crippen molar-refractivity contribution < 1.29 is 0 Å². The van der Waals surface area contributed by atoms with Crippen molar-refractivity contribution in [2.45, 2.75) is 90.4 Å². The van der Waals surface area contributed by atoms with E-state index in [0.29, 0.717) is 16.2 Å². The van der Waals surface area contributed by atoms with Crippen LogP contribution in [0.2, 0.25) is 0 Å². The van der Waals surface area contributed by atoms with E-state index in [-0.39, 0.29) is 4.87 Å². The molecule has 0 aromatic rings. The highest BCUT2D eigenvalue weighted by Gasteiger charge is 2.65. The molecule has 0 aliphatic heterocycles. The average molecular weight is 309 g/mol. The molecular weight excluding hydrogens is 276 g/mol. The van der Waals surface area contributed by atoms with Gasteiger partial charge in [0, 0.05) is 4.87 Å². The van der Waals surface area contributed by atoms with Crippen molar-refractivity contribution in [1.29, 1.82) is 0 Å². The quantitative estimate of drug-likeness (QED) is 0.453. The summed E-state index contributed by atoms with van der Waals surface area (Å²) in [5.41, 5.74) is 1.77. The highest BCUT2D eigenvalue weighted by Crippen LogP contribution is 2.73. The Kier molecular flexibility index (Phi) is 2.99. The van der Waals surface area contributed by atoms with Crippen molar-refractivity contribution in [2.75, 3.05) is 0 Å². The Morgan fingerprint density at radius 1 is 0.857 bits per heavy atom. The molecule has 4 aliphatic rings. The van der Waals surface area contributed by atoms with E-state index in [2.05, 4.69) is 27.7 Å². The summed E-state index contributed by atoms with van der Waals surface area (Å²) in [6.45, 7) is 10.1. The van der Waals surface area contributed by atoms with E-state index in [9.17, 15) is 0 Å². The fraction of sp³-hybridized carbons (Fsp3) is 1.00. The second-order valence-corrected chi connectivity index (χ2v) is 11.2. The number of rotatable bonds is 0. The minimum absolute atomic E-state index is 0.0993. The Morgan fingerprint density at radius 3 is 2.38 bits per heavy atom. The van der Waals surface area contributed by atoms with Gasteiger partial charge in [0.25, 0.3) is 0 Å². The van der Waals surface area contributed by atoms with Gasteiger partial charge in [-0.15, -0.1) is 11.6 Å². The Bertz CT molecular complexity index is 451. The van der Waals surface area contributed by atoms with Crippen molar-refractivity contribution in [2.24, 2.45) is 34.0 Å². The number of alkyl halides is 1. The molecule has 6 atom stereocenters. The van der Waals surface area contributed by atoms with Crippen molar-refractivity contribution in [3.05, 3.63) is 0 Å². The molecule has 0 heterocycles. The molecule has 21 heavy (non-hydrogen) atoms. The third kappa shape index (κ3) is 1.87. The molecule has 0 N–H and O–H groups in total. The van der Waals surface area contributed by atoms with Gasteiger partial charge in [0.2, 0.25) is 0 Å². The van der Waals surface area contributed by atoms with Crippen LogP contribution in [0.15, 0.2) is 0 Å². The molecule has 0 radical (unpaired) electrons. The smallest absolute Gasteiger partial charge is 0.0452 e. The number of hydrogen-bond acceptors (Lipinski definition) is 0. The molecule has 120 valence electrons. The SMILES string of the molecule is CC1(C)CCC[C@]2(C)[C@@H]1CC[C@@]13C[C@@H](CC[C@H]12)[C@](C)(Cl)C3. The minimum Gasteiger partial charge on any atom is -0.119 e. The van der Waals surface area contributed by atoms with Crippen LogP contribution in [0.1, 0.15) is 85.5 Å². The third-order valence-corrected chi connectivity index (χ3v) is 9.19. The summed E-state index contributed by atoms with van der Waals surface area (Å²) in [4.78, 5) is 0.0993. The first-order valence-corrected chi connectivity index (χ1v) is 9.76. The highest BCUT2D eigenvalue weighted by molar-refractivity contribution is 6.24. The van der Waals surface area contributed by atoms with Gasteiger partial charge in [-0.25, -0.2) is 0 Å². The van der Waals surface area contributed by atoms with E-state index in [1.54, 1.807) is 0 Å². The van der Waals surface area contributed by atoms with Crippen LogP contribution in [0.5, 0.6) is 0 Å². The van der Waals surface area contributed by atoms with Crippen molar-refractivity contribution >= 4 is 11.6 Å². The van der Waals surface area contributed by atoms with Gasteiger partial charge in [0.15, 0.2) is 0 Å². The zero-order chi connectivity index (χ0) is 15.1. The van der Waals surface area contributed by atoms with Gasteiger partial charge >= 0.3 is 0 Å². The topological polar surface area (TPSA) is 0 Å². The van der Waals surface area contributed by atoms with Gasteiger partial charge in [-0.2, -0.15) is 0 Å². The summed E-state index contributed by atoms with van der Waals surface area (Å²) in [7, 11) is 0. The lowest BCUT2D eigenvalue weighted by atomic mass is 9.41. The van der Waals surface area contributed by atoms with Crippen LogP contribution in [0, 0.1) is 34.0 Å². The molecular formula is C20H33Cl. The molecule has 2 bridgehead atoms. The summed E-state index contributed by atoms with van der Waals surface area (Å²) >= 11 is 6.96. The van der Waals surface area contributed by atoms with E-state index < -0.39 is 0 Å². The van der Waals surface area contributed by atoms with Gasteiger partial charge in [-0.05, 0) is 92.3 Å². The first-order chi connectivity index (χ1) is 9.70. The highest BCUT2D eigenvalue weighted by atomic mass is 35.5. The fourth-order valence-corrected chi connectivity index (χ4v) is 8.53. The number of halogens is 1. The Balaban J connectivity index is 1.73. The molecule has 0 saturated heterocycles. The van der Waals surface area contributed by atoms with Crippen LogP contribution in [0.3, 0.4) is 0 Å². The zero-order valence-corrected chi connectivity index (χ0v) is 15.2. The van der Waals surface area contributed by atoms with Crippen molar-refractivity contribution in [1.82, 2.24) is 0 Å². The molecule has 4 rings (SSSR count). The molecule has 1 heteroatoms. The Morgan fingerprint density at radius 2 is 1.62 bits per heavy atom. The standard InChI is InChI=1S/C20H33Cl/c1-17(2)9-5-10-18(3)15(17)8-11-20-12-14(6-7-16(18)20)19(4,21)13-20/h14-16H,5-13H2,1-4H3/t14-,15-,16+,18-,19-,20+/m1/s1. The second kappa shape index (κ2) is 4.22. The van der Waals surface area contributed by atoms with Gasteiger partial charge in [-0.3, -0.25) is 0 Å². The predicted molar refractivity (Wildman–Crippen MR) is 90.6 cm³/mol. The van der Waals surface area contributed by atoms with Crippen molar-refractivity contribution in [3.63, 3.8) is 0 Å². The summed E-state index contributed by atoms with van der Waals surface area (Å²) in [5, 5.41) is 0. The lowest BCUT2D eigenvalue weighted by Crippen LogP contribution is -2.55. The van der Waals surface area contributed by atoms with Crippen LogP contribution >= 0.6 is 11.6 Å². The zero-order valence-electron chi connectivity index (χ0n) is 14.5. The number of fused-ring (bicyclic) bond motifs is 3. The summed E-state index contributed by atoms with van der Waals surface area (Å²) < 4.78 is 0. The van der Waals surface area contributed by atoms with Gasteiger partial charge in [-0.1, -0.05) is 27.2 Å². The van der Waals surface area contributed by atoms with Crippen LogP contribution in [0.4, 0.5) is 0 Å². The monoisotopic (exact) mass is 308 g/mol. The first kappa shape index (κ1) is 14.9. The predicted octanol–water partition coefficient (Wildman–Crippen LogP) is 6.42. The van der Waals surface area contributed by atoms with E-state index in [1.807, 2.05) is 0 Å². The molecule has 4 aliphatic carbocycles. The van der Waals surface area contributed by atoms with Gasteiger partial charge < -0.3 is 0 Å². The van der Waals surface area contributed by atoms with E-state index in [4.69, 9.17) is 11.6 Å². The molecule has 0 aromatic heterocycles. The van der Waals surface area contributed by atoms with Gasteiger partial charge in [0.1, 0.15) is 0 Å². The normalized spacial score (nSPS) is 58.4. The van der Waals surface area contributed by atoms with E-state index in [1.165, 1.54) is 57.8 Å². The van der Waals surface area contributed by atoms with Gasteiger partial charge in [0.05, 0.1) is 0 Å². The van der Waals surface area contributed by atoms with E-state index >= 15 is 0 Å². The van der Waals surface area contributed by atoms with Crippen LogP contribution in [-0.4, -0.2) is 4.87 Å².